The topological polar surface area (TPSA) is 75.9 Å². The third-order valence-electron chi connectivity index (χ3n) is 3.95. The van der Waals surface area contributed by atoms with Crippen LogP contribution in [-0.2, 0) is 13.6 Å². The molecule has 0 aromatic carbocycles. The van der Waals surface area contributed by atoms with Crippen LogP contribution in [0.4, 0.5) is 4.79 Å². The molecule has 3 heterocycles. The largest absolute Gasteiger partial charge is 0.331 e. The smallest absolute Gasteiger partial charge is 0.317 e. The van der Waals surface area contributed by atoms with Crippen molar-refractivity contribution >= 4 is 17.4 Å². The summed E-state index contributed by atoms with van der Waals surface area (Å²) in [7, 11) is 1.96. The maximum absolute atomic E-state index is 12.2. The van der Waals surface area contributed by atoms with Gasteiger partial charge in [0.2, 0.25) is 0 Å². The third-order valence-corrected chi connectivity index (χ3v) is 4.92. The van der Waals surface area contributed by atoms with Crippen molar-refractivity contribution in [3.8, 4) is 0 Å². The van der Waals surface area contributed by atoms with Crippen molar-refractivity contribution in [3.05, 3.63) is 28.2 Å². The summed E-state index contributed by atoms with van der Waals surface area (Å²) in [5, 5.41) is 14.0. The van der Waals surface area contributed by atoms with Crippen LogP contribution in [0.5, 0.6) is 0 Å². The molecule has 2 amide bonds. The van der Waals surface area contributed by atoms with Gasteiger partial charge in [0.25, 0.3) is 0 Å². The molecule has 0 atom stereocenters. The van der Waals surface area contributed by atoms with E-state index in [0.717, 1.165) is 42.5 Å². The van der Waals surface area contributed by atoms with Crippen molar-refractivity contribution < 1.29 is 4.79 Å². The van der Waals surface area contributed by atoms with Gasteiger partial charge in [0.1, 0.15) is 17.2 Å². The van der Waals surface area contributed by atoms with Gasteiger partial charge in [-0.2, -0.15) is 0 Å². The first kappa shape index (κ1) is 15.0. The van der Waals surface area contributed by atoms with Gasteiger partial charge in [-0.05, 0) is 19.8 Å². The molecular weight excluding hydrogens is 300 g/mol. The zero-order valence-electron chi connectivity index (χ0n) is 12.8. The van der Waals surface area contributed by atoms with Crippen LogP contribution in [0.25, 0.3) is 0 Å². The van der Waals surface area contributed by atoms with Crippen molar-refractivity contribution in [1.82, 2.24) is 30.0 Å². The Morgan fingerprint density at radius 3 is 2.82 bits per heavy atom. The molecule has 0 bridgehead atoms. The number of aryl methyl sites for hydroxylation is 2. The van der Waals surface area contributed by atoms with Gasteiger partial charge in [-0.1, -0.05) is 0 Å². The van der Waals surface area contributed by atoms with Crippen LogP contribution in [0.1, 0.15) is 35.3 Å². The number of hydrogen-bond donors (Lipinski definition) is 1. The molecule has 1 N–H and O–H groups in total. The molecule has 7 nitrogen and oxygen atoms in total. The number of rotatable bonds is 3. The minimum Gasteiger partial charge on any atom is -0.331 e. The summed E-state index contributed by atoms with van der Waals surface area (Å²) >= 11 is 1.58. The highest BCUT2D eigenvalue weighted by Crippen LogP contribution is 2.26. The number of amides is 2. The molecule has 2 aromatic heterocycles. The monoisotopic (exact) mass is 320 g/mol. The van der Waals surface area contributed by atoms with E-state index in [2.05, 4.69) is 20.5 Å². The van der Waals surface area contributed by atoms with Crippen LogP contribution in [0.2, 0.25) is 0 Å². The van der Waals surface area contributed by atoms with Gasteiger partial charge in [0.15, 0.2) is 0 Å². The van der Waals surface area contributed by atoms with Crippen molar-refractivity contribution in [2.24, 2.45) is 7.05 Å². The number of likely N-dealkylation sites (tertiary alicyclic amines) is 1. The molecule has 0 unspecified atom stereocenters. The number of hydrogen-bond acceptors (Lipinski definition) is 5. The lowest BCUT2D eigenvalue weighted by Gasteiger charge is -2.31. The number of nitrogens with one attached hydrogen (secondary N) is 1. The maximum atomic E-state index is 12.2. The minimum absolute atomic E-state index is 0.00994. The average molecular weight is 320 g/mol. The van der Waals surface area contributed by atoms with Gasteiger partial charge in [-0.3, -0.25) is 0 Å². The van der Waals surface area contributed by atoms with Gasteiger partial charge < -0.3 is 14.8 Å². The molecule has 1 aliphatic heterocycles. The number of aromatic nitrogens is 4. The van der Waals surface area contributed by atoms with Crippen LogP contribution in [-0.4, -0.2) is 43.8 Å². The molecule has 0 aliphatic carbocycles. The summed E-state index contributed by atoms with van der Waals surface area (Å²) < 4.78 is 1.96. The Bertz CT molecular complexity index is 643. The summed E-state index contributed by atoms with van der Waals surface area (Å²) in [6.45, 7) is 3.96. The SMILES string of the molecule is Cc1csc(CNC(=O)N2CCC(c3nncn3C)CC2)n1. The zero-order chi connectivity index (χ0) is 15.5. The summed E-state index contributed by atoms with van der Waals surface area (Å²) in [4.78, 5) is 18.4. The molecule has 118 valence electrons. The molecule has 2 aromatic rings. The van der Waals surface area contributed by atoms with Gasteiger partial charge in [0, 0.05) is 37.1 Å². The molecular formula is C14H20N6OS. The van der Waals surface area contributed by atoms with E-state index in [9.17, 15) is 4.79 Å². The van der Waals surface area contributed by atoms with E-state index in [1.54, 1.807) is 17.7 Å². The second kappa shape index (κ2) is 6.43. The van der Waals surface area contributed by atoms with Crippen LogP contribution in [0.15, 0.2) is 11.7 Å². The number of piperidine rings is 1. The quantitative estimate of drug-likeness (QED) is 0.933. The highest BCUT2D eigenvalue weighted by Gasteiger charge is 2.26. The van der Waals surface area contributed by atoms with Gasteiger partial charge in [-0.15, -0.1) is 21.5 Å². The normalized spacial score (nSPS) is 16.0. The van der Waals surface area contributed by atoms with E-state index in [1.165, 1.54) is 0 Å². The second-order valence-electron chi connectivity index (χ2n) is 5.60. The number of thiazole rings is 1. The summed E-state index contributed by atoms with van der Waals surface area (Å²) in [5.41, 5.74) is 0.999. The molecule has 0 spiro atoms. The number of carbonyl (C=O) groups is 1. The molecule has 1 fully saturated rings. The second-order valence-corrected chi connectivity index (χ2v) is 6.55. The van der Waals surface area contributed by atoms with E-state index in [1.807, 2.05) is 28.8 Å². The summed E-state index contributed by atoms with van der Waals surface area (Å²) in [5.74, 6) is 1.40. The first-order valence-electron chi connectivity index (χ1n) is 7.41. The molecule has 1 saturated heterocycles. The molecule has 1 aliphatic rings. The zero-order valence-corrected chi connectivity index (χ0v) is 13.6. The highest BCUT2D eigenvalue weighted by molar-refractivity contribution is 7.09. The Kier molecular flexibility index (Phi) is 4.37. The van der Waals surface area contributed by atoms with Crippen molar-refractivity contribution in [1.29, 1.82) is 0 Å². The Morgan fingerprint density at radius 2 is 2.23 bits per heavy atom. The van der Waals surface area contributed by atoms with E-state index in [4.69, 9.17) is 0 Å². The van der Waals surface area contributed by atoms with Crippen LogP contribution < -0.4 is 5.32 Å². The Morgan fingerprint density at radius 1 is 1.45 bits per heavy atom. The van der Waals surface area contributed by atoms with E-state index < -0.39 is 0 Å². The minimum atomic E-state index is -0.00994. The lowest BCUT2D eigenvalue weighted by molar-refractivity contribution is 0.179. The predicted molar refractivity (Wildman–Crippen MR) is 83.6 cm³/mol. The van der Waals surface area contributed by atoms with E-state index >= 15 is 0 Å². The highest BCUT2D eigenvalue weighted by atomic mass is 32.1. The Labute approximate surface area is 133 Å². The van der Waals surface area contributed by atoms with Crippen molar-refractivity contribution in [3.63, 3.8) is 0 Å². The average Bonchev–Trinajstić information content (AvgIpc) is 3.13. The van der Waals surface area contributed by atoms with Crippen molar-refractivity contribution in [2.75, 3.05) is 13.1 Å². The summed E-state index contributed by atoms with van der Waals surface area (Å²) in [6, 6.07) is -0.00994. The van der Waals surface area contributed by atoms with E-state index in [0.29, 0.717) is 12.5 Å². The van der Waals surface area contributed by atoms with Crippen LogP contribution in [0, 0.1) is 6.92 Å². The standard InChI is InChI=1S/C14H20N6OS/c1-10-8-22-12(17-10)7-15-14(21)20-5-3-11(4-6-20)13-18-16-9-19(13)2/h8-9,11H,3-7H2,1-2H3,(H,15,21). The predicted octanol–water partition coefficient (Wildman–Crippen LogP) is 1.67. The fourth-order valence-electron chi connectivity index (χ4n) is 2.75. The van der Waals surface area contributed by atoms with Crippen molar-refractivity contribution in [2.45, 2.75) is 32.2 Å². The number of urea groups is 1. The molecule has 0 radical (unpaired) electrons. The Balaban J connectivity index is 1.48. The Hall–Kier alpha value is -1.96. The lowest BCUT2D eigenvalue weighted by Crippen LogP contribution is -2.44. The maximum Gasteiger partial charge on any atom is 0.317 e. The lowest BCUT2D eigenvalue weighted by atomic mass is 9.96. The fourth-order valence-corrected chi connectivity index (χ4v) is 3.46. The molecule has 8 heteroatoms. The summed E-state index contributed by atoms with van der Waals surface area (Å²) in [6.07, 6.45) is 3.58. The van der Waals surface area contributed by atoms with E-state index in [-0.39, 0.29) is 6.03 Å². The molecule has 0 saturated carbocycles. The first-order valence-corrected chi connectivity index (χ1v) is 8.29. The van der Waals surface area contributed by atoms with Gasteiger partial charge >= 0.3 is 6.03 Å². The number of carbonyl (C=O) groups excluding carboxylic acids is 1. The first-order chi connectivity index (χ1) is 10.6. The van der Waals surface area contributed by atoms with Crippen LogP contribution >= 0.6 is 11.3 Å². The molecule has 3 rings (SSSR count). The number of nitrogens with zero attached hydrogens (tertiary/aromatic N) is 5. The molecule has 22 heavy (non-hydrogen) atoms. The van der Waals surface area contributed by atoms with Gasteiger partial charge in [0.05, 0.1) is 6.54 Å². The third kappa shape index (κ3) is 3.27. The fraction of sp³-hybridized carbons (Fsp3) is 0.571. The van der Waals surface area contributed by atoms with Gasteiger partial charge in [-0.25, -0.2) is 9.78 Å². The van der Waals surface area contributed by atoms with Crippen LogP contribution in [0.3, 0.4) is 0 Å².